The van der Waals surface area contributed by atoms with Crippen molar-refractivity contribution in [2.75, 3.05) is 25.6 Å². The Kier molecular flexibility index (Phi) is 6.52. The van der Waals surface area contributed by atoms with Crippen molar-refractivity contribution in [3.05, 3.63) is 29.8 Å². The van der Waals surface area contributed by atoms with Crippen LogP contribution in [0.2, 0.25) is 0 Å². The number of carbonyl (C=O) groups excluding carboxylic acids is 2. The fraction of sp³-hybridized carbons (Fsp3) is 0.333. The number of amides is 2. The maximum atomic E-state index is 11.6. The van der Waals surface area contributed by atoms with Crippen LogP contribution in [0.25, 0.3) is 0 Å². The van der Waals surface area contributed by atoms with Crippen LogP contribution < -0.4 is 10.6 Å². The number of phenolic OH excluding ortho intramolecular Hbond substituents is 1. The number of carbonyl (C=O) groups is 2. The third-order valence-electron chi connectivity index (χ3n) is 2.14. The molecule has 0 saturated carbocycles. The van der Waals surface area contributed by atoms with Gasteiger partial charge >= 0.3 is 6.09 Å². The van der Waals surface area contributed by atoms with Crippen LogP contribution in [0.3, 0.4) is 0 Å². The Morgan fingerprint density at radius 2 is 1.89 bits per heavy atom. The molecular formula is C12H15ClN2O4. The average molecular weight is 287 g/mol. The van der Waals surface area contributed by atoms with E-state index in [0.717, 1.165) is 0 Å². The quantitative estimate of drug-likeness (QED) is 0.539. The van der Waals surface area contributed by atoms with E-state index in [0.29, 0.717) is 0 Å². The first-order valence-electron chi connectivity index (χ1n) is 5.68. The molecule has 0 aliphatic heterocycles. The second-order valence-corrected chi connectivity index (χ2v) is 3.90. The molecule has 3 N–H and O–H groups in total. The number of para-hydroxylation sites is 1. The highest BCUT2D eigenvalue weighted by Gasteiger charge is 2.09. The van der Waals surface area contributed by atoms with Gasteiger partial charge in [-0.05, 0) is 12.1 Å². The van der Waals surface area contributed by atoms with E-state index in [2.05, 4.69) is 15.4 Å². The normalized spacial score (nSPS) is 9.74. The third-order valence-corrected chi connectivity index (χ3v) is 2.29. The molecule has 0 fully saturated rings. The molecule has 104 valence electrons. The molecule has 0 heterocycles. The van der Waals surface area contributed by atoms with Gasteiger partial charge in [0.1, 0.15) is 12.4 Å². The van der Waals surface area contributed by atoms with E-state index in [1.165, 1.54) is 12.1 Å². The molecule has 0 aliphatic rings. The van der Waals surface area contributed by atoms with E-state index in [9.17, 15) is 14.7 Å². The summed E-state index contributed by atoms with van der Waals surface area (Å²) in [5.41, 5.74) is 0.187. The van der Waals surface area contributed by atoms with Crippen molar-refractivity contribution >= 4 is 23.6 Å². The highest BCUT2D eigenvalue weighted by atomic mass is 35.5. The number of nitrogens with one attached hydrogen (secondary N) is 2. The SMILES string of the molecule is O=C(NCCNC(=O)c1ccccc1O)OCCCl. The average Bonchev–Trinajstić information content (AvgIpc) is 2.41. The Hall–Kier alpha value is -1.95. The van der Waals surface area contributed by atoms with Gasteiger partial charge in [0.2, 0.25) is 0 Å². The highest BCUT2D eigenvalue weighted by Crippen LogP contribution is 2.14. The summed E-state index contributed by atoms with van der Waals surface area (Å²) < 4.78 is 4.67. The number of ether oxygens (including phenoxy) is 1. The van der Waals surface area contributed by atoms with Crippen LogP contribution in [0.1, 0.15) is 10.4 Å². The third kappa shape index (κ3) is 5.48. The van der Waals surface area contributed by atoms with E-state index in [1.807, 2.05) is 0 Å². The lowest BCUT2D eigenvalue weighted by Crippen LogP contribution is -2.35. The molecule has 0 aliphatic carbocycles. The van der Waals surface area contributed by atoms with Gasteiger partial charge in [-0.15, -0.1) is 11.6 Å². The topological polar surface area (TPSA) is 87.7 Å². The van der Waals surface area contributed by atoms with Crippen molar-refractivity contribution in [3.63, 3.8) is 0 Å². The van der Waals surface area contributed by atoms with Gasteiger partial charge < -0.3 is 20.5 Å². The minimum atomic E-state index is -0.586. The maximum Gasteiger partial charge on any atom is 0.407 e. The molecule has 0 atom stereocenters. The summed E-state index contributed by atoms with van der Waals surface area (Å²) in [7, 11) is 0. The van der Waals surface area contributed by atoms with Crippen LogP contribution in [0, 0.1) is 0 Å². The summed E-state index contributed by atoms with van der Waals surface area (Å²) in [5.74, 6) is -0.263. The molecule has 0 spiro atoms. The van der Waals surface area contributed by atoms with Crippen LogP contribution in [0.4, 0.5) is 4.79 Å². The smallest absolute Gasteiger partial charge is 0.407 e. The summed E-state index contributed by atoms with van der Waals surface area (Å²) in [6.07, 6.45) is -0.586. The Labute approximate surface area is 115 Å². The van der Waals surface area contributed by atoms with E-state index in [4.69, 9.17) is 11.6 Å². The molecule has 1 aromatic carbocycles. The number of aromatic hydroxyl groups is 1. The fourth-order valence-electron chi connectivity index (χ4n) is 1.28. The number of halogens is 1. The van der Waals surface area contributed by atoms with Crippen LogP contribution in [0.5, 0.6) is 5.75 Å². The molecular weight excluding hydrogens is 272 g/mol. The largest absolute Gasteiger partial charge is 0.507 e. The van der Waals surface area contributed by atoms with E-state index in [-0.39, 0.29) is 36.9 Å². The van der Waals surface area contributed by atoms with Gasteiger partial charge in [-0.25, -0.2) is 4.79 Å². The van der Waals surface area contributed by atoms with Gasteiger partial charge in [-0.1, -0.05) is 12.1 Å². The molecule has 1 aromatic rings. The Morgan fingerprint density at radius 1 is 1.21 bits per heavy atom. The summed E-state index contributed by atoms with van der Waals surface area (Å²) in [5, 5.41) is 14.5. The second-order valence-electron chi connectivity index (χ2n) is 3.52. The molecule has 19 heavy (non-hydrogen) atoms. The minimum Gasteiger partial charge on any atom is -0.507 e. The number of hydrogen-bond donors (Lipinski definition) is 3. The highest BCUT2D eigenvalue weighted by molar-refractivity contribution is 6.18. The fourth-order valence-corrected chi connectivity index (χ4v) is 1.36. The first kappa shape index (κ1) is 15.1. The Morgan fingerprint density at radius 3 is 2.58 bits per heavy atom. The van der Waals surface area contributed by atoms with Crippen LogP contribution in [0.15, 0.2) is 24.3 Å². The molecule has 0 bridgehead atoms. The minimum absolute atomic E-state index is 0.0884. The molecule has 1 rings (SSSR count). The maximum absolute atomic E-state index is 11.6. The van der Waals surface area contributed by atoms with E-state index >= 15 is 0 Å². The summed E-state index contributed by atoms with van der Waals surface area (Å²) in [6.45, 7) is 0.585. The van der Waals surface area contributed by atoms with Crippen molar-refractivity contribution < 1.29 is 19.4 Å². The number of alkyl carbamates (subject to hydrolysis) is 1. The Balaban J connectivity index is 2.25. The van der Waals surface area contributed by atoms with Crippen LogP contribution in [-0.4, -0.2) is 42.7 Å². The number of alkyl halides is 1. The van der Waals surface area contributed by atoms with Gasteiger partial charge in [-0.3, -0.25) is 4.79 Å². The van der Waals surface area contributed by atoms with Gasteiger partial charge in [-0.2, -0.15) is 0 Å². The standard InChI is InChI=1S/C12H15ClN2O4/c13-5-8-19-12(18)15-7-6-14-11(17)9-3-1-2-4-10(9)16/h1-4,16H,5-8H2,(H,14,17)(H,15,18). The number of hydrogen-bond acceptors (Lipinski definition) is 4. The zero-order chi connectivity index (χ0) is 14.1. The monoisotopic (exact) mass is 286 g/mol. The zero-order valence-corrected chi connectivity index (χ0v) is 10.9. The molecule has 0 saturated heterocycles. The number of benzene rings is 1. The molecule has 0 unspecified atom stereocenters. The lowest BCUT2D eigenvalue weighted by Gasteiger charge is -2.08. The predicted molar refractivity (Wildman–Crippen MR) is 70.5 cm³/mol. The van der Waals surface area contributed by atoms with Crippen molar-refractivity contribution in [1.29, 1.82) is 0 Å². The predicted octanol–water partition coefficient (Wildman–Crippen LogP) is 1.09. The molecule has 0 aromatic heterocycles. The lowest BCUT2D eigenvalue weighted by atomic mass is 10.2. The lowest BCUT2D eigenvalue weighted by molar-refractivity contribution is 0.0949. The van der Waals surface area contributed by atoms with Gasteiger partial charge in [0.05, 0.1) is 11.4 Å². The van der Waals surface area contributed by atoms with Gasteiger partial charge in [0, 0.05) is 13.1 Å². The number of rotatable bonds is 6. The van der Waals surface area contributed by atoms with Crippen molar-refractivity contribution in [2.24, 2.45) is 0 Å². The summed E-state index contributed by atoms with van der Waals surface area (Å²) in [4.78, 5) is 22.7. The van der Waals surface area contributed by atoms with E-state index in [1.54, 1.807) is 12.1 Å². The molecule has 0 radical (unpaired) electrons. The summed E-state index contributed by atoms with van der Waals surface area (Å²) >= 11 is 5.35. The molecule has 7 heteroatoms. The molecule has 6 nitrogen and oxygen atoms in total. The van der Waals surface area contributed by atoms with Crippen molar-refractivity contribution in [2.45, 2.75) is 0 Å². The van der Waals surface area contributed by atoms with Crippen molar-refractivity contribution in [1.82, 2.24) is 10.6 Å². The summed E-state index contributed by atoms with van der Waals surface area (Å²) in [6, 6.07) is 6.21. The van der Waals surface area contributed by atoms with Gasteiger partial charge in [0.15, 0.2) is 0 Å². The van der Waals surface area contributed by atoms with Crippen LogP contribution in [-0.2, 0) is 4.74 Å². The first-order chi connectivity index (χ1) is 9.15. The van der Waals surface area contributed by atoms with Crippen LogP contribution >= 0.6 is 11.6 Å². The first-order valence-corrected chi connectivity index (χ1v) is 6.21. The second kappa shape index (κ2) is 8.20. The van der Waals surface area contributed by atoms with E-state index < -0.39 is 12.0 Å². The Bertz CT molecular complexity index is 439. The molecule has 2 amide bonds. The number of phenols is 1. The van der Waals surface area contributed by atoms with Gasteiger partial charge in [0.25, 0.3) is 5.91 Å². The zero-order valence-electron chi connectivity index (χ0n) is 10.2. The van der Waals surface area contributed by atoms with Crippen molar-refractivity contribution in [3.8, 4) is 5.75 Å².